The Balaban J connectivity index is 1.67. The molecule has 3 atom stereocenters. The van der Waals surface area contributed by atoms with Gasteiger partial charge in [0.1, 0.15) is 24.6 Å². The van der Waals surface area contributed by atoms with Crippen LogP contribution >= 0.6 is 0 Å². The van der Waals surface area contributed by atoms with Gasteiger partial charge >= 0.3 is 0 Å². The Labute approximate surface area is 221 Å². The summed E-state index contributed by atoms with van der Waals surface area (Å²) >= 11 is 0. The van der Waals surface area contributed by atoms with E-state index in [1.54, 1.807) is 0 Å². The molecule has 0 saturated carbocycles. The van der Waals surface area contributed by atoms with Crippen LogP contribution in [0.15, 0.2) is 91.0 Å². The number of hydrogen-bond donors (Lipinski definition) is 0. The third-order valence-corrected chi connectivity index (χ3v) is 11.8. The number of carbonyl (C=O) groups excluding carboxylic acids is 1. The molecular weight excluding hydrogens is 480 g/mol. The first-order chi connectivity index (χ1) is 17.7. The van der Waals surface area contributed by atoms with Crippen LogP contribution in [0.25, 0.3) is 0 Å². The molecule has 1 heterocycles. The second-order valence-corrected chi connectivity index (χ2v) is 15.3. The summed E-state index contributed by atoms with van der Waals surface area (Å²) in [4.78, 5) is 12.7. The maximum atomic E-state index is 12.7. The molecule has 0 aliphatic carbocycles. The molecule has 1 fully saturated rings. The second-order valence-electron chi connectivity index (χ2n) is 11.0. The summed E-state index contributed by atoms with van der Waals surface area (Å²) in [5.41, 5.74) is 1.08. The lowest BCUT2D eigenvalue weighted by Crippen LogP contribution is -2.69. The van der Waals surface area contributed by atoms with Crippen LogP contribution in [-0.2, 0) is 30.0 Å². The number of carbonyl (C=O) groups is 1. The van der Waals surface area contributed by atoms with Gasteiger partial charge in [0.2, 0.25) is 0 Å². The lowest BCUT2D eigenvalue weighted by molar-refractivity contribution is -0.158. The van der Waals surface area contributed by atoms with E-state index >= 15 is 0 Å². The Hall–Kier alpha value is -2.61. The lowest BCUT2D eigenvalue weighted by Gasteiger charge is -2.45. The number of benzene rings is 3. The summed E-state index contributed by atoms with van der Waals surface area (Å²) in [6, 6.07) is 30.6. The first-order valence-corrected chi connectivity index (χ1v) is 14.8. The predicted molar refractivity (Wildman–Crippen MR) is 148 cm³/mol. The van der Waals surface area contributed by atoms with E-state index in [0.717, 1.165) is 22.2 Å². The van der Waals surface area contributed by atoms with Gasteiger partial charge in [-0.25, -0.2) is 0 Å². The van der Waals surface area contributed by atoms with Gasteiger partial charge in [0, 0.05) is 0 Å². The Morgan fingerprint density at radius 2 is 1.38 bits per heavy atom. The van der Waals surface area contributed by atoms with E-state index in [1.165, 1.54) is 0 Å². The fraction of sp³-hybridized carbons (Fsp3) is 0.387. The zero-order chi connectivity index (χ0) is 26.5. The molecule has 3 aromatic rings. The van der Waals surface area contributed by atoms with Gasteiger partial charge in [-0.1, -0.05) is 112 Å². The molecule has 3 aromatic carbocycles. The Bertz CT molecular complexity index is 1090. The number of rotatable bonds is 10. The van der Waals surface area contributed by atoms with Crippen molar-refractivity contribution < 1.29 is 23.4 Å². The zero-order valence-corrected chi connectivity index (χ0v) is 23.4. The van der Waals surface area contributed by atoms with Gasteiger partial charge in [-0.2, -0.15) is 0 Å². The minimum atomic E-state index is -2.97. The van der Waals surface area contributed by atoms with E-state index < -0.39 is 32.4 Å². The molecule has 5 nitrogen and oxygen atoms in total. The highest BCUT2D eigenvalue weighted by molar-refractivity contribution is 6.99. The van der Waals surface area contributed by atoms with Crippen molar-refractivity contribution in [3.63, 3.8) is 0 Å². The molecule has 0 unspecified atom stereocenters. The molecule has 0 aromatic heterocycles. The lowest BCUT2D eigenvalue weighted by atomic mass is 10.1. The fourth-order valence-electron chi connectivity index (χ4n) is 5.21. The van der Waals surface area contributed by atoms with Crippen LogP contribution in [0.2, 0.25) is 5.04 Å². The van der Waals surface area contributed by atoms with Crippen molar-refractivity contribution in [3.8, 4) is 0 Å². The minimum absolute atomic E-state index is 0.273. The molecule has 1 saturated heterocycles. The Morgan fingerprint density at radius 1 is 0.865 bits per heavy atom. The maximum Gasteiger partial charge on any atom is 0.262 e. The molecule has 6 heteroatoms. The van der Waals surface area contributed by atoms with Crippen molar-refractivity contribution in [2.75, 3.05) is 6.61 Å². The van der Waals surface area contributed by atoms with E-state index in [0.29, 0.717) is 6.61 Å². The second kappa shape index (κ2) is 11.4. The number of ether oxygens (including phenoxy) is 3. The first-order valence-electron chi connectivity index (χ1n) is 12.9. The highest BCUT2D eigenvalue weighted by atomic mass is 28.4. The highest BCUT2D eigenvalue weighted by Crippen LogP contribution is 2.39. The quantitative estimate of drug-likeness (QED) is 0.283. The van der Waals surface area contributed by atoms with Crippen molar-refractivity contribution in [1.82, 2.24) is 0 Å². The normalized spacial score (nSPS) is 20.5. The van der Waals surface area contributed by atoms with Gasteiger partial charge < -0.3 is 23.4 Å². The van der Waals surface area contributed by atoms with Crippen molar-refractivity contribution >= 4 is 25.0 Å². The predicted octanol–water partition coefficient (Wildman–Crippen LogP) is 4.87. The first kappa shape index (κ1) is 27.4. The Kier molecular flexibility index (Phi) is 8.46. The summed E-state index contributed by atoms with van der Waals surface area (Å²) in [5.74, 6) is -0.860. The van der Waals surface area contributed by atoms with Crippen LogP contribution in [0.3, 0.4) is 0 Å². The molecule has 1 aliphatic rings. The summed E-state index contributed by atoms with van der Waals surface area (Å²) < 4.78 is 25.7. The summed E-state index contributed by atoms with van der Waals surface area (Å²) in [6.07, 6.45) is -1.02. The van der Waals surface area contributed by atoms with Crippen LogP contribution in [0.5, 0.6) is 0 Å². The fourth-order valence-corrected chi connectivity index (χ4v) is 9.82. The van der Waals surface area contributed by atoms with Crippen LogP contribution in [0.4, 0.5) is 0 Å². The minimum Gasteiger partial charge on any atom is -0.395 e. The molecule has 0 radical (unpaired) electrons. The molecule has 0 bridgehead atoms. The van der Waals surface area contributed by atoms with Crippen LogP contribution in [-0.4, -0.2) is 45.3 Å². The van der Waals surface area contributed by atoms with E-state index in [-0.39, 0.29) is 11.6 Å². The molecule has 0 spiro atoms. The van der Waals surface area contributed by atoms with Crippen molar-refractivity contribution in [2.24, 2.45) is 0 Å². The standard InChI is InChI=1S/C31H38O5Si/c1-30(2,3)37(25-17-11-7-12-18-25,26-19-13-8-14-20-26)36-27(21-32)29-28(34-31(4,5)35-29)23-33-22-24-15-9-6-10-16-24/h6-21,27-29H,22-23H2,1-5H3/t27-,28+,29-/m0/s1. The van der Waals surface area contributed by atoms with Crippen molar-refractivity contribution in [2.45, 2.75) is 70.4 Å². The average molecular weight is 519 g/mol. The number of hydrogen-bond acceptors (Lipinski definition) is 5. The summed E-state index contributed by atoms with van der Waals surface area (Å²) in [5, 5.41) is 1.94. The van der Waals surface area contributed by atoms with Crippen molar-refractivity contribution in [3.05, 3.63) is 96.6 Å². The van der Waals surface area contributed by atoms with Gasteiger partial charge in [0.15, 0.2) is 5.79 Å². The SMILES string of the molecule is CC1(C)O[C@@H]([C@H](C=O)O[Si](c2ccccc2)(c2ccccc2)C(C)(C)C)[C@@H](COCc2ccccc2)O1. The van der Waals surface area contributed by atoms with Gasteiger partial charge in [-0.3, -0.25) is 0 Å². The van der Waals surface area contributed by atoms with E-state index in [4.69, 9.17) is 18.6 Å². The van der Waals surface area contributed by atoms with Crippen molar-refractivity contribution in [1.29, 1.82) is 0 Å². The summed E-state index contributed by atoms with van der Waals surface area (Å²) in [7, 11) is -2.97. The Morgan fingerprint density at radius 3 is 1.86 bits per heavy atom. The van der Waals surface area contributed by atoms with Crippen LogP contribution in [0, 0.1) is 0 Å². The largest absolute Gasteiger partial charge is 0.395 e. The molecule has 196 valence electrons. The van der Waals surface area contributed by atoms with E-state index in [1.807, 2.05) is 80.6 Å². The van der Waals surface area contributed by atoms with Gasteiger partial charge in [0.25, 0.3) is 8.32 Å². The molecule has 4 rings (SSSR count). The third kappa shape index (κ3) is 6.11. The summed E-state index contributed by atoms with van der Waals surface area (Å²) in [6.45, 7) is 11.0. The van der Waals surface area contributed by atoms with Crippen LogP contribution < -0.4 is 10.4 Å². The van der Waals surface area contributed by atoms with Crippen LogP contribution in [0.1, 0.15) is 40.2 Å². The van der Waals surface area contributed by atoms with Gasteiger partial charge in [-0.05, 0) is 34.8 Å². The third-order valence-electron chi connectivity index (χ3n) is 6.80. The zero-order valence-electron chi connectivity index (χ0n) is 22.4. The molecule has 0 N–H and O–H groups in total. The number of aldehydes is 1. The molecule has 1 aliphatic heterocycles. The monoisotopic (exact) mass is 518 g/mol. The smallest absolute Gasteiger partial charge is 0.262 e. The molecular formula is C31H38O5Si. The topological polar surface area (TPSA) is 54.0 Å². The average Bonchev–Trinajstić information content (AvgIpc) is 3.20. The van der Waals surface area contributed by atoms with Gasteiger partial charge in [0.05, 0.1) is 13.2 Å². The molecule has 37 heavy (non-hydrogen) atoms. The van der Waals surface area contributed by atoms with E-state index in [2.05, 4.69) is 45.0 Å². The maximum absolute atomic E-state index is 12.7. The highest BCUT2D eigenvalue weighted by Gasteiger charge is 2.55. The molecule has 0 amide bonds. The van der Waals surface area contributed by atoms with Gasteiger partial charge in [-0.15, -0.1) is 0 Å². The van der Waals surface area contributed by atoms with E-state index in [9.17, 15) is 4.79 Å².